The van der Waals surface area contributed by atoms with Crippen LogP contribution in [0, 0.1) is 0 Å². The van der Waals surface area contributed by atoms with Crippen LogP contribution in [0.15, 0.2) is 0 Å². The van der Waals surface area contributed by atoms with Gasteiger partial charge in [-0.25, -0.2) is 0 Å². The summed E-state index contributed by atoms with van der Waals surface area (Å²) >= 11 is 0. The summed E-state index contributed by atoms with van der Waals surface area (Å²) in [5.74, 6) is -2.20. The predicted molar refractivity (Wildman–Crippen MR) is 84.1 cm³/mol. The molecule has 0 bridgehead atoms. The summed E-state index contributed by atoms with van der Waals surface area (Å²) in [4.78, 5) is 19.9. The Labute approximate surface area is 127 Å². The zero-order valence-corrected chi connectivity index (χ0v) is 13.2. The van der Waals surface area contributed by atoms with Crippen molar-refractivity contribution in [2.24, 2.45) is 11.5 Å². The second kappa shape index (κ2) is 16.9. The quantitative estimate of drug-likeness (QED) is 0.410. The van der Waals surface area contributed by atoms with Crippen LogP contribution in [0.3, 0.4) is 0 Å². The molecule has 6 heteroatoms. The fourth-order valence-corrected chi connectivity index (χ4v) is 1.68. The number of carboxylic acids is 2. The van der Waals surface area contributed by atoms with E-state index in [2.05, 4.69) is 6.92 Å². The molecular formula is C15H32N2O4. The third kappa shape index (κ3) is 21.3. The Morgan fingerprint density at radius 3 is 1.81 bits per heavy atom. The van der Waals surface area contributed by atoms with Crippen LogP contribution >= 0.6 is 0 Å². The molecule has 21 heavy (non-hydrogen) atoms. The second-order valence-corrected chi connectivity index (χ2v) is 5.14. The number of carbonyl (C=O) groups is 2. The molecule has 0 aromatic heterocycles. The zero-order chi connectivity index (χ0) is 16.5. The minimum atomic E-state index is -1.17. The Morgan fingerprint density at radius 2 is 1.43 bits per heavy atom. The standard InChI is InChI=1S/C10H23N.C5H9NO4/c1-2-3-4-5-6-7-8-9-10-11;6-3(5(9)10)1-2-4(7)8/h2-11H2,1H3;3H,1-2,6H2,(H,7,8)(H,9,10)/t;3-/m.0/s1. The molecule has 0 radical (unpaired) electrons. The predicted octanol–water partition coefficient (Wildman–Crippen LogP) is 2.35. The van der Waals surface area contributed by atoms with Crippen molar-refractivity contribution in [2.45, 2.75) is 77.2 Å². The Kier molecular flexibility index (Phi) is 17.8. The van der Waals surface area contributed by atoms with Crippen molar-refractivity contribution in [3.05, 3.63) is 0 Å². The van der Waals surface area contributed by atoms with Gasteiger partial charge in [-0.2, -0.15) is 0 Å². The van der Waals surface area contributed by atoms with Crippen molar-refractivity contribution in [3.63, 3.8) is 0 Å². The minimum absolute atomic E-state index is 0.0231. The molecular weight excluding hydrogens is 272 g/mol. The van der Waals surface area contributed by atoms with E-state index in [9.17, 15) is 9.59 Å². The van der Waals surface area contributed by atoms with E-state index in [-0.39, 0.29) is 12.8 Å². The highest BCUT2D eigenvalue weighted by atomic mass is 16.4. The molecule has 0 amide bonds. The van der Waals surface area contributed by atoms with Gasteiger partial charge in [-0.05, 0) is 19.4 Å². The van der Waals surface area contributed by atoms with E-state index in [1.165, 1.54) is 51.4 Å². The average molecular weight is 304 g/mol. The molecule has 6 N–H and O–H groups in total. The van der Waals surface area contributed by atoms with Crippen molar-refractivity contribution in [1.29, 1.82) is 0 Å². The molecule has 0 aliphatic rings. The summed E-state index contributed by atoms with van der Waals surface area (Å²) in [6, 6.07) is -1.06. The Balaban J connectivity index is 0. The maximum Gasteiger partial charge on any atom is 0.320 e. The van der Waals surface area contributed by atoms with Gasteiger partial charge in [-0.3, -0.25) is 9.59 Å². The fraction of sp³-hybridized carbons (Fsp3) is 0.867. The highest BCUT2D eigenvalue weighted by Gasteiger charge is 2.12. The average Bonchev–Trinajstić information content (AvgIpc) is 2.44. The summed E-state index contributed by atoms with van der Waals surface area (Å²) in [5.41, 5.74) is 10.4. The first kappa shape index (κ1) is 22.1. The third-order valence-corrected chi connectivity index (χ3v) is 3.04. The van der Waals surface area contributed by atoms with Gasteiger partial charge < -0.3 is 21.7 Å². The van der Waals surface area contributed by atoms with Crippen LogP contribution in [0.1, 0.15) is 71.1 Å². The number of hydrogen-bond acceptors (Lipinski definition) is 4. The van der Waals surface area contributed by atoms with Crippen LogP contribution in [-0.2, 0) is 9.59 Å². The van der Waals surface area contributed by atoms with E-state index in [1.807, 2.05) is 0 Å². The van der Waals surface area contributed by atoms with E-state index in [0.29, 0.717) is 0 Å². The molecule has 0 spiro atoms. The first-order valence-corrected chi connectivity index (χ1v) is 7.85. The lowest BCUT2D eigenvalue weighted by Crippen LogP contribution is -2.30. The van der Waals surface area contributed by atoms with Crippen molar-refractivity contribution >= 4 is 11.9 Å². The van der Waals surface area contributed by atoms with Crippen molar-refractivity contribution in [2.75, 3.05) is 6.54 Å². The van der Waals surface area contributed by atoms with Gasteiger partial charge in [-0.1, -0.05) is 51.9 Å². The lowest BCUT2D eigenvalue weighted by molar-refractivity contribution is -0.139. The lowest BCUT2D eigenvalue weighted by Gasteiger charge is -2.01. The molecule has 0 aliphatic heterocycles. The molecule has 0 saturated heterocycles. The van der Waals surface area contributed by atoms with Gasteiger partial charge in [0.25, 0.3) is 0 Å². The molecule has 0 rings (SSSR count). The molecule has 0 aliphatic carbocycles. The maximum absolute atomic E-state index is 9.99. The molecule has 0 saturated carbocycles. The number of carboxylic acid groups (broad SMARTS) is 2. The largest absolute Gasteiger partial charge is 0.481 e. The molecule has 0 unspecified atom stereocenters. The van der Waals surface area contributed by atoms with Crippen molar-refractivity contribution in [1.82, 2.24) is 0 Å². The molecule has 1 atom stereocenters. The van der Waals surface area contributed by atoms with Gasteiger partial charge in [0.1, 0.15) is 6.04 Å². The normalized spacial score (nSPS) is 11.4. The number of aliphatic carboxylic acids is 2. The third-order valence-electron chi connectivity index (χ3n) is 3.04. The number of nitrogens with two attached hydrogens (primary N) is 2. The van der Waals surface area contributed by atoms with Crippen LogP contribution in [0.25, 0.3) is 0 Å². The van der Waals surface area contributed by atoms with Gasteiger partial charge in [0.05, 0.1) is 0 Å². The summed E-state index contributed by atoms with van der Waals surface area (Å²) in [6.45, 7) is 3.13. The van der Waals surface area contributed by atoms with E-state index in [0.717, 1.165) is 6.54 Å². The number of unbranched alkanes of at least 4 members (excludes halogenated alkanes) is 7. The summed E-state index contributed by atoms with van der Waals surface area (Å²) in [5, 5.41) is 16.3. The smallest absolute Gasteiger partial charge is 0.320 e. The van der Waals surface area contributed by atoms with Gasteiger partial charge in [0.15, 0.2) is 0 Å². The molecule has 6 nitrogen and oxygen atoms in total. The highest BCUT2D eigenvalue weighted by Crippen LogP contribution is 2.07. The second-order valence-electron chi connectivity index (χ2n) is 5.14. The van der Waals surface area contributed by atoms with Gasteiger partial charge in [0, 0.05) is 6.42 Å². The SMILES string of the molecule is CCCCCCCCCCN.N[C@@H](CCC(=O)O)C(=O)O. The topological polar surface area (TPSA) is 127 Å². The molecule has 0 aromatic rings. The minimum Gasteiger partial charge on any atom is -0.481 e. The summed E-state index contributed by atoms with van der Waals surface area (Å²) in [7, 11) is 0. The highest BCUT2D eigenvalue weighted by molar-refractivity contribution is 5.74. The zero-order valence-electron chi connectivity index (χ0n) is 13.2. The Hall–Kier alpha value is -1.14. The first-order chi connectivity index (χ1) is 9.95. The monoisotopic (exact) mass is 304 g/mol. The van der Waals surface area contributed by atoms with Crippen LogP contribution < -0.4 is 11.5 Å². The van der Waals surface area contributed by atoms with Crippen LogP contribution in [0.2, 0.25) is 0 Å². The Bertz CT molecular complexity index is 252. The lowest BCUT2D eigenvalue weighted by atomic mass is 10.1. The molecule has 0 heterocycles. The van der Waals surface area contributed by atoms with Crippen LogP contribution in [-0.4, -0.2) is 34.7 Å². The van der Waals surface area contributed by atoms with Crippen LogP contribution in [0.4, 0.5) is 0 Å². The summed E-state index contributed by atoms with van der Waals surface area (Å²) in [6.07, 6.45) is 10.8. The summed E-state index contributed by atoms with van der Waals surface area (Å²) < 4.78 is 0. The molecule has 0 fully saturated rings. The van der Waals surface area contributed by atoms with E-state index in [4.69, 9.17) is 21.7 Å². The van der Waals surface area contributed by atoms with E-state index in [1.54, 1.807) is 0 Å². The molecule has 126 valence electrons. The Morgan fingerprint density at radius 1 is 0.952 bits per heavy atom. The number of hydrogen-bond donors (Lipinski definition) is 4. The maximum atomic E-state index is 9.99. The van der Waals surface area contributed by atoms with E-state index >= 15 is 0 Å². The first-order valence-electron chi connectivity index (χ1n) is 7.85. The van der Waals surface area contributed by atoms with E-state index < -0.39 is 18.0 Å². The van der Waals surface area contributed by atoms with Gasteiger partial charge in [-0.15, -0.1) is 0 Å². The van der Waals surface area contributed by atoms with Crippen molar-refractivity contribution < 1.29 is 19.8 Å². The van der Waals surface area contributed by atoms with Crippen LogP contribution in [0.5, 0.6) is 0 Å². The van der Waals surface area contributed by atoms with Crippen molar-refractivity contribution in [3.8, 4) is 0 Å². The number of rotatable bonds is 12. The van der Waals surface area contributed by atoms with Gasteiger partial charge >= 0.3 is 11.9 Å². The van der Waals surface area contributed by atoms with Gasteiger partial charge in [0.2, 0.25) is 0 Å². The fourth-order valence-electron chi connectivity index (χ4n) is 1.68. The molecule has 0 aromatic carbocycles.